The molecule has 0 atom stereocenters. The Hall–Kier alpha value is -1.67. The number of amides is 2. The Labute approximate surface area is 144 Å². The Kier molecular flexibility index (Phi) is 5.82. The van der Waals surface area contributed by atoms with Crippen molar-refractivity contribution < 1.29 is 13.2 Å². The number of urea groups is 1. The van der Waals surface area contributed by atoms with E-state index in [1.165, 1.54) is 16.6 Å². The van der Waals surface area contributed by atoms with Gasteiger partial charge in [-0.15, -0.1) is 0 Å². The molecule has 0 spiro atoms. The topological polar surface area (TPSA) is 82.6 Å². The summed E-state index contributed by atoms with van der Waals surface area (Å²) in [5.74, 6) is 0. The Balaban J connectivity index is 1.86. The van der Waals surface area contributed by atoms with Crippen LogP contribution in [0.15, 0.2) is 29.4 Å². The number of rotatable bonds is 4. The van der Waals surface area contributed by atoms with Crippen LogP contribution in [-0.2, 0) is 10.0 Å². The largest absolute Gasteiger partial charge is 0.338 e. The highest BCUT2D eigenvalue weighted by atomic mass is 32.2. The minimum Gasteiger partial charge on any atom is -0.338 e. The normalized spacial score (nSPS) is 16.9. The second kappa shape index (κ2) is 7.48. The third-order valence-corrected chi connectivity index (χ3v) is 5.83. The first-order valence-electron chi connectivity index (χ1n) is 8.13. The number of hydrogen-bond donors (Lipinski definition) is 1. The number of pyridine rings is 1. The van der Waals surface area contributed by atoms with Gasteiger partial charge < -0.3 is 10.2 Å². The van der Waals surface area contributed by atoms with E-state index in [1.807, 2.05) is 0 Å². The zero-order valence-corrected chi connectivity index (χ0v) is 15.3. The van der Waals surface area contributed by atoms with Gasteiger partial charge in [0.1, 0.15) is 4.90 Å². The lowest BCUT2D eigenvalue weighted by atomic mass is 9.92. The van der Waals surface area contributed by atoms with Gasteiger partial charge in [-0.05, 0) is 24.0 Å². The maximum absolute atomic E-state index is 12.5. The molecule has 1 N–H and O–H groups in total. The summed E-state index contributed by atoms with van der Waals surface area (Å²) in [6.45, 7) is 8.37. The summed E-state index contributed by atoms with van der Waals surface area (Å²) in [6.07, 6.45) is 3.79. The number of nitrogens with one attached hydrogen (secondary N) is 1. The van der Waals surface area contributed by atoms with Gasteiger partial charge in [0.05, 0.1) is 0 Å². The molecule has 2 amide bonds. The molecule has 1 fully saturated rings. The summed E-state index contributed by atoms with van der Waals surface area (Å²) in [5.41, 5.74) is 0.170. The molecule has 1 aliphatic heterocycles. The summed E-state index contributed by atoms with van der Waals surface area (Å²) < 4.78 is 26.4. The summed E-state index contributed by atoms with van der Waals surface area (Å²) in [7, 11) is -3.54. The van der Waals surface area contributed by atoms with Crippen LogP contribution in [0.2, 0.25) is 0 Å². The predicted octanol–water partition coefficient (Wildman–Crippen LogP) is 1.53. The van der Waals surface area contributed by atoms with E-state index in [2.05, 4.69) is 31.1 Å². The van der Waals surface area contributed by atoms with Crippen molar-refractivity contribution in [3.8, 4) is 0 Å². The summed E-state index contributed by atoms with van der Waals surface area (Å²) in [6, 6.07) is 3.01. The van der Waals surface area contributed by atoms with Crippen LogP contribution in [0.25, 0.3) is 0 Å². The van der Waals surface area contributed by atoms with E-state index in [9.17, 15) is 13.2 Å². The molecule has 2 heterocycles. The Bertz CT molecular complexity index is 648. The molecule has 0 radical (unpaired) electrons. The number of nitrogens with zero attached hydrogens (tertiary/aromatic N) is 3. The van der Waals surface area contributed by atoms with E-state index in [1.54, 1.807) is 17.2 Å². The van der Waals surface area contributed by atoms with Crippen molar-refractivity contribution in [3.63, 3.8) is 0 Å². The van der Waals surface area contributed by atoms with Crippen LogP contribution in [0.5, 0.6) is 0 Å². The standard InChI is InChI=1S/C16H26N4O3S/c1-16(2,3)6-8-18-15(21)19-9-11-20(12-10-19)24(22,23)14-5-4-7-17-13-14/h4-5,7,13H,6,8-12H2,1-3H3,(H,18,21). The zero-order chi connectivity index (χ0) is 17.8. The first-order valence-corrected chi connectivity index (χ1v) is 9.57. The number of aromatic nitrogens is 1. The van der Waals surface area contributed by atoms with Gasteiger partial charge in [0, 0.05) is 45.1 Å². The molecule has 1 aromatic heterocycles. The average Bonchev–Trinajstić information content (AvgIpc) is 2.54. The minimum atomic E-state index is -3.54. The third-order valence-electron chi connectivity index (χ3n) is 3.95. The van der Waals surface area contributed by atoms with Crippen molar-refractivity contribution in [1.82, 2.24) is 19.5 Å². The minimum absolute atomic E-state index is 0.127. The molecule has 1 saturated heterocycles. The van der Waals surface area contributed by atoms with E-state index in [0.29, 0.717) is 32.7 Å². The first-order chi connectivity index (χ1) is 11.2. The van der Waals surface area contributed by atoms with Gasteiger partial charge in [-0.1, -0.05) is 20.8 Å². The fourth-order valence-electron chi connectivity index (χ4n) is 2.44. The molecule has 134 valence electrons. The summed E-state index contributed by atoms with van der Waals surface area (Å²) >= 11 is 0. The molecule has 0 bridgehead atoms. The van der Waals surface area contributed by atoms with Crippen molar-refractivity contribution in [2.75, 3.05) is 32.7 Å². The van der Waals surface area contributed by atoms with Crippen LogP contribution in [0.1, 0.15) is 27.2 Å². The molecule has 8 heteroatoms. The van der Waals surface area contributed by atoms with E-state index in [4.69, 9.17) is 0 Å². The molecule has 0 aliphatic carbocycles. The Morgan fingerprint density at radius 2 is 1.92 bits per heavy atom. The van der Waals surface area contributed by atoms with Crippen molar-refractivity contribution >= 4 is 16.1 Å². The number of carbonyl (C=O) groups is 1. The van der Waals surface area contributed by atoms with Crippen molar-refractivity contribution in [2.24, 2.45) is 5.41 Å². The van der Waals surface area contributed by atoms with Gasteiger partial charge >= 0.3 is 6.03 Å². The number of hydrogen-bond acceptors (Lipinski definition) is 4. The lowest BCUT2D eigenvalue weighted by molar-refractivity contribution is 0.171. The van der Waals surface area contributed by atoms with E-state index < -0.39 is 10.0 Å². The Morgan fingerprint density at radius 1 is 1.25 bits per heavy atom. The van der Waals surface area contributed by atoms with Crippen molar-refractivity contribution in [2.45, 2.75) is 32.1 Å². The molecule has 2 rings (SSSR count). The molecule has 1 aliphatic rings. The lowest BCUT2D eigenvalue weighted by Crippen LogP contribution is -2.53. The molecular formula is C16H26N4O3S. The van der Waals surface area contributed by atoms with E-state index >= 15 is 0 Å². The zero-order valence-electron chi connectivity index (χ0n) is 14.5. The summed E-state index contributed by atoms with van der Waals surface area (Å²) in [4.78, 5) is 17.9. The predicted molar refractivity (Wildman–Crippen MR) is 92.0 cm³/mol. The van der Waals surface area contributed by atoms with Gasteiger partial charge in [0.25, 0.3) is 0 Å². The molecule has 0 unspecified atom stereocenters. The smallest absolute Gasteiger partial charge is 0.317 e. The van der Waals surface area contributed by atoms with Crippen molar-refractivity contribution in [1.29, 1.82) is 0 Å². The van der Waals surface area contributed by atoms with Gasteiger partial charge in [0.15, 0.2) is 0 Å². The van der Waals surface area contributed by atoms with Crippen LogP contribution in [0.4, 0.5) is 4.79 Å². The maximum Gasteiger partial charge on any atom is 0.317 e. The molecule has 0 saturated carbocycles. The van der Waals surface area contributed by atoms with Gasteiger partial charge in [0.2, 0.25) is 10.0 Å². The van der Waals surface area contributed by atoms with Gasteiger partial charge in [-0.25, -0.2) is 13.2 Å². The molecule has 1 aromatic rings. The maximum atomic E-state index is 12.5. The quantitative estimate of drug-likeness (QED) is 0.889. The highest BCUT2D eigenvalue weighted by molar-refractivity contribution is 7.89. The highest BCUT2D eigenvalue weighted by Crippen LogP contribution is 2.18. The average molecular weight is 354 g/mol. The van der Waals surface area contributed by atoms with E-state index in [-0.39, 0.29) is 16.3 Å². The van der Waals surface area contributed by atoms with Crippen molar-refractivity contribution in [3.05, 3.63) is 24.5 Å². The van der Waals surface area contributed by atoms with Crippen LogP contribution < -0.4 is 5.32 Å². The SMILES string of the molecule is CC(C)(C)CCNC(=O)N1CCN(S(=O)(=O)c2cccnc2)CC1. The second-order valence-corrected chi connectivity index (χ2v) is 9.06. The fraction of sp³-hybridized carbons (Fsp3) is 0.625. The highest BCUT2D eigenvalue weighted by Gasteiger charge is 2.30. The third kappa shape index (κ3) is 4.91. The fourth-order valence-corrected chi connectivity index (χ4v) is 3.82. The van der Waals surface area contributed by atoms with Crippen LogP contribution in [0, 0.1) is 5.41 Å². The van der Waals surface area contributed by atoms with Crippen LogP contribution in [-0.4, -0.2) is 61.4 Å². The molecule has 7 nitrogen and oxygen atoms in total. The molecule has 24 heavy (non-hydrogen) atoms. The lowest BCUT2D eigenvalue weighted by Gasteiger charge is -2.34. The molecule has 0 aromatic carbocycles. The van der Waals surface area contributed by atoms with Gasteiger partial charge in [-0.2, -0.15) is 4.31 Å². The number of piperazine rings is 1. The van der Waals surface area contributed by atoms with Crippen LogP contribution in [0.3, 0.4) is 0 Å². The van der Waals surface area contributed by atoms with E-state index in [0.717, 1.165) is 6.42 Å². The first kappa shape index (κ1) is 18.7. The Morgan fingerprint density at radius 3 is 2.46 bits per heavy atom. The molecular weight excluding hydrogens is 328 g/mol. The second-order valence-electron chi connectivity index (χ2n) is 7.12. The summed E-state index contributed by atoms with van der Waals surface area (Å²) in [5, 5.41) is 2.90. The van der Waals surface area contributed by atoms with Gasteiger partial charge in [-0.3, -0.25) is 4.98 Å². The van der Waals surface area contributed by atoms with Crippen LogP contribution >= 0.6 is 0 Å². The number of carbonyl (C=O) groups excluding carboxylic acids is 1. The number of sulfonamides is 1. The monoisotopic (exact) mass is 354 g/mol.